The summed E-state index contributed by atoms with van der Waals surface area (Å²) < 4.78 is 23.1. The second kappa shape index (κ2) is 5.66. The van der Waals surface area contributed by atoms with Gasteiger partial charge in [0.25, 0.3) is 5.91 Å². The highest BCUT2D eigenvalue weighted by atomic mass is 32.2. The third-order valence-corrected chi connectivity index (χ3v) is 6.69. The van der Waals surface area contributed by atoms with Gasteiger partial charge in [-0.05, 0) is 13.3 Å². The highest BCUT2D eigenvalue weighted by molar-refractivity contribution is 7.91. The number of rotatable bonds is 2. The summed E-state index contributed by atoms with van der Waals surface area (Å²) in [6.07, 6.45) is 0.724. The van der Waals surface area contributed by atoms with Crippen molar-refractivity contribution >= 4 is 27.1 Å². The molecule has 0 saturated carbocycles. The van der Waals surface area contributed by atoms with Crippen LogP contribution in [0.3, 0.4) is 0 Å². The molecule has 0 radical (unpaired) electrons. The van der Waals surface area contributed by atoms with Gasteiger partial charge in [0.2, 0.25) is 0 Å². The minimum Gasteiger partial charge on any atom is -0.335 e. The number of amides is 1. The molecule has 2 aliphatic rings. The van der Waals surface area contributed by atoms with Crippen molar-refractivity contribution < 1.29 is 13.2 Å². The molecular formula is C13H19N3O3S2. The van der Waals surface area contributed by atoms with Gasteiger partial charge in [0.05, 0.1) is 16.5 Å². The van der Waals surface area contributed by atoms with E-state index in [9.17, 15) is 13.2 Å². The molecule has 1 atom stereocenters. The molecule has 8 heteroatoms. The predicted molar refractivity (Wildman–Crippen MR) is 81.4 cm³/mol. The maximum atomic E-state index is 12.3. The van der Waals surface area contributed by atoms with Crippen LogP contribution < -0.4 is 0 Å². The van der Waals surface area contributed by atoms with E-state index in [1.54, 1.807) is 5.38 Å². The van der Waals surface area contributed by atoms with Crippen LogP contribution in [-0.4, -0.2) is 72.8 Å². The third kappa shape index (κ3) is 3.27. The number of thiazole rings is 1. The van der Waals surface area contributed by atoms with Crippen molar-refractivity contribution in [1.82, 2.24) is 14.8 Å². The first kappa shape index (κ1) is 14.9. The van der Waals surface area contributed by atoms with Gasteiger partial charge in [0.15, 0.2) is 9.84 Å². The fourth-order valence-electron chi connectivity index (χ4n) is 2.98. The number of carbonyl (C=O) groups is 1. The molecular weight excluding hydrogens is 310 g/mol. The lowest BCUT2D eigenvalue weighted by Crippen LogP contribution is -2.52. The Kier molecular flexibility index (Phi) is 4.02. The zero-order valence-corrected chi connectivity index (χ0v) is 13.6. The molecule has 0 unspecified atom stereocenters. The topological polar surface area (TPSA) is 70.6 Å². The predicted octanol–water partition coefficient (Wildman–Crippen LogP) is 0.396. The maximum Gasteiger partial charge on any atom is 0.273 e. The smallest absolute Gasteiger partial charge is 0.273 e. The van der Waals surface area contributed by atoms with Crippen molar-refractivity contribution in [3.05, 3.63) is 16.1 Å². The molecule has 21 heavy (non-hydrogen) atoms. The Morgan fingerprint density at radius 3 is 2.57 bits per heavy atom. The van der Waals surface area contributed by atoms with Crippen LogP contribution in [-0.2, 0) is 9.84 Å². The number of sulfone groups is 1. The first-order valence-electron chi connectivity index (χ1n) is 7.10. The number of hydrogen-bond acceptors (Lipinski definition) is 6. The first-order chi connectivity index (χ1) is 9.94. The van der Waals surface area contributed by atoms with E-state index < -0.39 is 9.84 Å². The van der Waals surface area contributed by atoms with E-state index in [1.807, 2.05) is 11.8 Å². The van der Waals surface area contributed by atoms with Gasteiger partial charge in [-0.1, -0.05) is 0 Å². The molecule has 1 amide bonds. The molecule has 2 fully saturated rings. The Balaban J connectivity index is 1.57. The summed E-state index contributed by atoms with van der Waals surface area (Å²) in [7, 11) is -2.85. The van der Waals surface area contributed by atoms with Crippen LogP contribution in [0.25, 0.3) is 0 Å². The molecule has 0 spiro atoms. The van der Waals surface area contributed by atoms with Gasteiger partial charge in [0.1, 0.15) is 5.69 Å². The Bertz CT molecular complexity index is 633. The van der Waals surface area contributed by atoms with Crippen molar-refractivity contribution in [2.24, 2.45) is 0 Å². The van der Waals surface area contributed by atoms with Crippen LogP contribution in [0.5, 0.6) is 0 Å². The zero-order chi connectivity index (χ0) is 15.0. The Morgan fingerprint density at radius 1 is 1.33 bits per heavy atom. The fourth-order valence-corrected chi connectivity index (χ4v) is 5.33. The molecule has 6 nitrogen and oxygen atoms in total. The Labute approximate surface area is 128 Å². The van der Waals surface area contributed by atoms with Crippen LogP contribution in [0.2, 0.25) is 0 Å². The van der Waals surface area contributed by atoms with Gasteiger partial charge in [-0.3, -0.25) is 9.69 Å². The molecule has 1 aromatic heterocycles. The molecule has 1 aromatic rings. The molecule has 0 bridgehead atoms. The molecule has 3 rings (SSSR count). The SMILES string of the molecule is Cc1nc(C(=O)N2CCN([C@@H]3CCS(=O)(=O)C3)CC2)cs1. The maximum absolute atomic E-state index is 12.3. The molecule has 2 saturated heterocycles. The number of piperazine rings is 1. The number of aromatic nitrogens is 1. The van der Waals surface area contributed by atoms with E-state index in [-0.39, 0.29) is 17.7 Å². The summed E-state index contributed by atoms with van der Waals surface area (Å²) in [4.78, 5) is 20.6. The normalized spacial score (nSPS) is 26.1. The minimum atomic E-state index is -2.85. The van der Waals surface area contributed by atoms with Gasteiger partial charge in [-0.2, -0.15) is 0 Å². The minimum absolute atomic E-state index is 0.0157. The van der Waals surface area contributed by atoms with Crippen LogP contribution >= 0.6 is 11.3 Å². The summed E-state index contributed by atoms with van der Waals surface area (Å²) in [5, 5.41) is 2.70. The first-order valence-corrected chi connectivity index (χ1v) is 9.80. The van der Waals surface area contributed by atoms with Gasteiger partial charge >= 0.3 is 0 Å². The molecule has 0 aliphatic carbocycles. The van der Waals surface area contributed by atoms with E-state index in [1.165, 1.54) is 11.3 Å². The largest absolute Gasteiger partial charge is 0.335 e. The lowest BCUT2D eigenvalue weighted by molar-refractivity contribution is 0.0583. The quantitative estimate of drug-likeness (QED) is 0.785. The number of hydrogen-bond donors (Lipinski definition) is 0. The highest BCUT2D eigenvalue weighted by Crippen LogP contribution is 2.20. The second-order valence-corrected chi connectivity index (χ2v) is 8.93. The van der Waals surface area contributed by atoms with Crippen molar-refractivity contribution in [3.8, 4) is 0 Å². The summed E-state index contributed by atoms with van der Waals surface area (Å²) >= 11 is 1.48. The van der Waals surface area contributed by atoms with Crippen LogP contribution in [0, 0.1) is 6.92 Å². The molecule has 0 N–H and O–H groups in total. The van der Waals surface area contributed by atoms with Crippen molar-refractivity contribution in [1.29, 1.82) is 0 Å². The second-order valence-electron chi connectivity index (χ2n) is 5.64. The zero-order valence-electron chi connectivity index (χ0n) is 12.0. The Hall–Kier alpha value is -0.990. The molecule has 116 valence electrons. The van der Waals surface area contributed by atoms with Gasteiger partial charge < -0.3 is 4.90 Å². The van der Waals surface area contributed by atoms with E-state index in [2.05, 4.69) is 9.88 Å². The third-order valence-electron chi connectivity index (χ3n) is 4.16. The number of carbonyl (C=O) groups excluding carboxylic acids is 1. The van der Waals surface area contributed by atoms with Crippen molar-refractivity contribution in [2.75, 3.05) is 37.7 Å². The molecule has 2 aliphatic heterocycles. The molecule has 0 aromatic carbocycles. The van der Waals surface area contributed by atoms with Gasteiger partial charge in [0, 0.05) is 37.6 Å². The van der Waals surface area contributed by atoms with Crippen LogP contribution in [0.4, 0.5) is 0 Å². The number of aryl methyl sites for hydroxylation is 1. The monoisotopic (exact) mass is 329 g/mol. The van der Waals surface area contributed by atoms with Gasteiger partial charge in [-0.15, -0.1) is 11.3 Å². The highest BCUT2D eigenvalue weighted by Gasteiger charge is 2.34. The van der Waals surface area contributed by atoms with Crippen molar-refractivity contribution in [2.45, 2.75) is 19.4 Å². The lowest BCUT2D eigenvalue weighted by atomic mass is 10.2. The van der Waals surface area contributed by atoms with E-state index in [0.717, 1.165) is 24.5 Å². The standard InChI is InChI=1S/C13H19N3O3S2/c1-10-14-12(8-20-10)13(17)16-5-3-15(4-6-16)11-2-7-21(18,19)9-11/h8,11H,2-7,9H2,1H3/t11-/m1/s1. The van der Waals surface area contributed by atoms with E-state index in [0.29, 0.717) is 24.5 Å². The summed E-state index contributed by atoms with van der Waals surface area (Å²) in [5.41, 5.74) is 0.523. The number of nitrogens with zero attached hydrogens (tertiary/aromatic N) is 3. The summed E-state index contributed by atoms with van der Waals surface area (Å²) in [6.45, 7) is 4.67. The van der Waals surface area contributed by atoms with Crippen LogP contribution in [0.15, 0.2) is 5.38 Å². The van der Waals surface area contributed by atoms with Gasteiger partial charge in [-0.25, -0.2) is 13.4 Å². The molecule has 3 heterocycles. The van der Waals surface area contributed by atoms with E-state index >= 15 is 0 Å². The average Bonchev–Trinajstić information content (AvgIpc) is 3.04. The summed E-state index contributed by atoms with van der Waals surface area (Å²) in [6, 6.07) is 0.133. The van der Waals surface area contributed by atoms with Crippen molar-refractivity contribution in [3.63, 3.8) is 0 Å². The Morgan fingerprint density at radius 2 is 2.05 bits per heavy atom. The summed E-state index contributed by atoms with van der Waals surface area (Å²) in [5.74, 6) is 0.555. The van der Waals surface area contributed by atoms with Crippen LogP contribution in [0.1, 0.15) is 21.9 Å². The fraction of sp³-hybridized carbons (Fsp3) is 0.692. The lowest BCUT2D eigenvalue weighted by Gasteiger charge is -2.37. The van der Waals surface area contributed by atoms with E-state index in [4.69, 9.17) is 0 Å². The average molecular weight is 329 g/mol.